The van der Waals surface area contributed by atoms with Crippen molar-refractivity contribution in [2.45, 2.75) is 39.5 Å². The summed E-state index contributed by atoms with van der Waals surface area (Å²) in [5.74, 6) is 2.12. The summed E-state index contributed by atoms with van der Waals surface area (Å²) in [6.07, 6.45) is 5.72. The normalized spacial score (nSPS) is 23.1. The molecule has 3 aromatic rings. The number of imidazole rings is 1. The van der Waals surface area contributed by atoms with Crippen LogP contribution in [0.2, 0.25) is 0 Å². The average molecular weight is 445 g/mol. The van der Waals surface area contributed by atoms with Crippen molar-refractivity contribution in [3.63, 3.8) is 0 Å². The van der Waals surface area contributed by atoms with Gasteiger partial charge in [-0.2, -0.15) is 0 Å². The third kappa shape index (κ3) is 3.73. The Balaban J connectivity index is 1.48. The second-order valence-corrected chi connectivity index (χ2v) is 8.76. The molecule has 2 aliphatic rings. The minimum Gasteiger partial charge on any atom is -0.495 e. The van der Waals surface area contributed by atoms with Gasteiger partial charge < -0.3 is 23.8 Å². The fourth-order valence-electron chi connectivity index (χ4n) is 4.31. The minimum absolute atomic E-state index is 0.0169. The quantitative estimate of drug-likeness (QED) is 0.580. The molecular weight excluding hydrogens is 416 g/mol. The molecule has 0 radical (unpaired) electrons. The fraction of sp³-hybridized carbons (Fsp3) is 0.308. The third-order valence-electron chi connectivity index (χ3n) is 6.15. The van der Waals surface area contributed by atoms with Crippen molar-refractivity contribution < 1.29 is 14.3 Å². The number of fused-ring (bicyclic) bond motifs is 1. The van der Waals surface area contributed by atoms with Gasteiger partial charge >= 0.3 is 0 Å². The Morgan fingerprint density at radius 2 is 1.94 bits per heavy atom. The van der Waals surface area contributed by atoms with Crippen LogP contribution >= 0.6 is 0 Å². The second kappa shape index (κ2) is 7.99. The van der Waals surface area contributed by atoms with Crippen LogP contribution in [0, 0.1) is 13.8 Å². The van der Waals surface area contributed by atoms with Crippen molar-refractivity contribution in [1.29, 1.82) is 0 Å². The summed E-state index contributed by atoms with van der Waals surface area (Å²) in [6, 6.07) is 14.4. The fourth-order valence-corrected chi connectivity index (χ4v) is 4.31. The Bertz CT molecular complexity index is 1240. The lowest BCUT2D eigenvalue weighted by Gasteiger charge is -2.39. The van der Waals surface area contributed by atoms with Crippen LogP contribution < -0.4 is 4.74 Å². The Morgan fingerprint density at radius 1 is 1.15 bits per heavy atom. The van der Waals surface area contributed by atoms with E-state index >= 15 is 0 Å². The molecule has 0 saturated carbocycles. The van der Waals surface area contributed by atoms with Crippen molar-refractivity contribution >= 4 is 11.9 Å². The molecule has 0 amide bonds. The van der Waals surface area contributed by atoms with E-state index in [1.54, 1.807) is 13.4 Å². The second-order valence-electron chi connectivity index (χ2n) is 8.76. The Kier molecular flexibility index (Phi) is 5.12. The average Bonchev–Trinajstić information content (AvgIpc) is 3.38. The highest BCUT2D eigenvalue weighted by Gasteiger charge is 2.48. The van der Waals surface area contributed by atoms with Gasteiger partial charge in [-0.15, -0.1) is 0 Å². The first-order chi connectivity index (χ1) is 15.9. The number of rotatable bonds is 4. The van der Waals surface area contributed by atoms with Gasteiger partial charge in [0, 0.05) is 18.7 Å². The first-order valence-corrected chi connectivity index (χ1v) is 11.1. The molecule has 7 heteroatoms. The lowest BCUT2D eigenvalue weighted by molar-refractivity contribution is -0.104. The summed E-state index contributed by atoms with van der Waals surface area (Å²) in [5.41, 5.74) is 4.41. The van der Waals surface area contributed by atoms with Gasteiger partial charge in [0.15, 0.2) is 5.76 Å². The predicted molar refractivity (Wildman–Crippen MR) is 127 cm³/mol. The lowest BCUT2D eigenvalue weighted by atomic mass is 10.00. The van der Waals surface area contributed by atoms with E-state index in [4.69, 9.17) is 14.3 Å². The van der Waals surface area contributed by atoms with E-state index in [-0.39, 0.29) is 6.10 Å². The van der Waals surface area contributed by atoms with E-state index in [9.17, 15) is 0 Å². The van der Waals surface area contributed by atoms with Crippen LogP contribution in [-0.2, 0) is 15.3 Å². The lowest BCUT2D eigenvalue weighted by Crippen LogP contribution is -2.51. The molecule has 0 spiro atoms. The Labute approximate surface area is 193 Å². The molecule has 33 heavy (non-hydrogen) atoms. The minimum atomic E-state index is -0.680. The summed E-state index contributed by atoms with van der Waals surface area (Å²) in [7, 11) is 1.67. The van der Waals surface area contributed by atoms with E-state index in [0.717, 1.165) is 28.3 Å². The maximum absolute atomic E-state index is 6.20. The SMILES string of the molecule is COc1cc(/C=C2\O[C@@H](C)CN3C2=NO[C@]3(C)c2ccc(C)cc2)ccc1-n1cnc(C)c1. The number of oxime groups is 1. The van der Waals surface area contributed by atoms with Crippen molar-refractivity contribution in [1.82, 2.24) is 14.5 Å². The van der Waals surface area contributed by atoms with Gasteiger partial charge in [0.05, 0.1) is 31.4 Å². The molecule has 2 aliphatic heterocycles. The number of hydrogen-bond donors (Lipinski definition) is 0. The van der Waals surface area contributed by atoms with E-state index in [1.165, 1.54) is 5.56 Å². The highest BCUT2D eigenvalue weighted by atomic mass is 16.7. The first kappa shape index (κ1) is 21.1. The smallest absolute Gasteiger partial charge is 0.234 e. The molecule has 0 bridgehead atoms. The van der Waals surface area contributed by atoms with Gasteiger partial charge in [0.2, 0.25) is 11.6 Å². The van der Waals surface area contributed by atoms with Gasteiger partial charge in [-0.25, -0.2) is 4.98 Å². The van der Waals surface area contributed by atoms with E-state index in [0.29, 0.717) is 18.1 Å². The van der Waals surface area contributed by atoms with E-state index < -0.39 is 5.72 Å². The predicted octanol–water partition coefficient (Wildman–Crippen LogP) is 4.78. The molecule has 1 aromatic heterocycles. The summed E-state index contributed by atoms with van der Waals surface area (Å²) in [4.78, 5) is 12.5. The molecule has 7 nitrogen and oxygen atoms in total. The summed E-state index contributed by atoms with van der Waals surface area (Å²) >= 11 is 0. The zero-order chi connectivity index (χ0) is 23.2. The van der Waals surface area contributed by atoms with E-state index in [2.05, 4.69) is 60.1 Å². The van der Waals surface area contributed by atoms with Crippen LogP contribution in [0.3, 0.4) is 0 Å². The number of methoxy groups -OCH3 is 1. The molecule has 2 aromatic carbocycles. The number of amidine groups is 1. The largest absolute Gasteiger partial charge is 0.495 e. The van der Waals surface area contributed by atoms with Crippen LogP contribution in [0.4, 0.5) is 0 Å². The highest BCUT2D eigenvalue weighted by molar-refractivity contribution is 6.01. The number of hydrogen-bond acceptors (Lipinski definition) is 6. The number of nitrogens with zero attached hydrogens (tertiary/aromatic N) is 4. The summed E-state index contributed by atoms with van der Waals surface area (Å²) in [6.45, 7) is 8.83. The van der Waals surface area contributed by atoms with Crippen LogP contribution in [0.25, 0.3) is 11.8 Å². The number of ether oxygens (including phenoxy) is 2. The number of aromatic nitrogens is 2. The maximum Gasteiger partial charge on any atom is 0.234 e. The van der Waals surface area contributed by atoms with Gasteiger partial charge in [0.25, 0.3) is 0 Å². The maximum atomic E-state index is 6.20. The number of morpholine rings is 1. The van der Waals surface area contributed by atoms with Crippen molar-refractivity contribution in [2.75, 3.05) is 13.7 Å². The number of benzene rings is 2. The molecular formula is C26H28N4O3. The van der Waals surface area contributed by atoms with Crippen LogP contribution in [0.15, 0.2) is 65.9 Å². The van der Waals surface area contributed by atoms with Gasteiger partial charge in [-0.05, 0) is 44.5 Å². The van der Waals surface area contributed by atoms with Gasteiger partial charge in [-0.1, -0.05) is 41.1 Å². The first-order valence-electron chi connectivity index (χ1n) is 11.1. The zero-order valence-corrected chi connectivity index (χ0v) is 19.6. The monoisotopic (exact) mass is 444 g/mol. The zero-order valence-electron chi connectivity index (χ0n) is 19.6. The van der Waals surface area contributed by atoms with Crippen molar-refractivity contribution in [3.05, 3.63) is 83.1 Å². The number of aryl methyl sites for hydroxylation is 2. The molecule has 0 aliphatic carbocycles. The van der Waals surface area contributed by atoms with Crippen LogP contribution in [-0.4, -0.2) is 40.0 Å². The van der Waals surface area contributed by atoms with Gasteiger partial charge in [0.1, 0.15) is 11.9 Å². The Morgan fingerprint density at radius 3 is 2.64 bits per heavy atom. The Hall–Kier alpha value is -3.74. The molecule has 2 atom stereocenters. The topological polar surface area (TPSA) is 61.1 Å². The summed E-state index contributed by atoms with van der Waals surface area (Å²) < 4.78 is 13.8. The molecule has 0 unspecified atom stereocenters. The van der Waals surface area contributed by atoms with Crippen molar-refractivity contribution in [2.24, 2.45) is 5.16 Å². The van der Waals surface area contributed by atoms with Crippen LogP contribution in [0.5, 0.6) is 5.75 Å². The third-order valence-corrected chi connectivity index (χ3v) is 6.15. The van der Waals surface area contributed by atoms with Crippen LogP contribution in [0.1, 0.15) is 36.2 Å². The molecule has 1 saturated heterocycles. The molecule has 5 rings (SSSR count). The molecule has 0 N–H and O–H groups in total. The van der Waals surface area contributed by atoms with Gasteiger partial charge in [-0.3, -0.25) is 0 Å². The molecule has 3 heterocycles. The van der Waals surface area contributed by atoms with E-state index in [1.807, 2.05) is 42.0 Å². The molecule has 1 fully saturated rings. The standard InChI is InChI=1S/C26H28N4O3/c1-17-6-9-21(10-7-17)26(4)30-15-19(3)32-24(25(30)28-33-26)13-20-8-11-22(23(12-20)31-5)29-14-18(2)27-16-29/h6-14,16,19H,15H2,1-5H3/b24-13-/t19-,26+/m0/s1. The highest BCUT2D eigenvalue weighted by Crippen LogP contribution is 2.40. The van der Waals surface area contributed by atoms with Crippen molar-refractivity contribution in [3.8, 4) is 11.4 Å². The molecule has 170 valence electrons. The summed E-state index contributed by atoms with van der Waals surface area (Å²) in [5, 5.41) is 4.44.